The van der Waals surface area contributed by atoms with Crippen molar-refractivity contribution in [3.63, 3.8) is 0 Å². The van der Waals surface area contributed by atoms with Gasteiger partial charge in [0.2, 0.25) is 5.95 Å². The summed E-state index contributed by atoms with van der Waals surface area (Å²) in [6, 6.07) is 9.19. The molecule has 0 saturated heterocycles. The lowest BCUT2D eigenvalue weighted by Crippen LogP contribution is -2.15. The molecule has 116 valence electrons. The van der Waals surface area contributed by atoms with E-state index >= 15 is 0 Å². The molecule has 0 atom stereocenters. The van der Waals surface area contributed by atoms with Gasteiger partial charge in [-0.1, -0.05) is 12.1 Å². The summed E-state index contributed by atoms with van der Waals surface area (Å²) in [7, 11) is 1.71. The molecule has 1 amide bonds. The summed E-state index contributed by atoms with van der Waals surface area (Å²) >= 11 is 0. The van der Waals surface area contributed by atoms with Gasteiger partial charge < -0.3 is 10.6 Å². The average Bonchev–Trinajstić information content (AvgIpc) is 3.09. The summed E-state index contributed by atoms with van der Waals surface area (Å²) in [6.45, 7) is 1.82. The van der Waals surface area contributed by atoms with Gasteiger partial charge in [-0.15, -0.1) is 0 Å². The monoisotopic (exact) mass is 308 g/mol. The normalized spacial score (nSPS) is 10.3. The molecule has 3 rings (SSSR count). The van der Waals surface area contributed by atoms with Crippen molar-refractivity contribution < 1.29 is 4.79 Å². The highest BCUT2D eigenvalue weighted by molar-refractivity contribution is 6.03. The van der Waals surface area contributed by atoms with E-state index in [1.807, 2.05) is 31.2 Å². The van der Waals surface area contributed by atoms with E-state index < -0.39 is 0 Å². The number of aromatic amines is 1. The van der Waals surface area contributed by atoms with E-state index in [4.69, 9.17) is 0 Å². The SMILES string of the molecule is CNc1nc(C)cc(C(=O)Nc2cccc(-c3cn[nH]c3)c2)n1. The summed E-state index contributed by atoms with van der Waals surface area (Å²) in [6.07, 6.45) is 3.53. The second kappa shape index (κ2) is 6.27. The number of aryl methyl sites for hydroxylation is 1. The van der Waals surface area contributed by atoms with Crippen LogP contribution < -0.4 is 10.6 Å². The van der Waals surface area contributed by atoms with Crippen LogP contribution in [0.2, 0.25) is 0 Å². The maximum Gasteiger partial charge on any atom is 0.274 e. The summed E-state index contributed by atoms with van der Waals surface area (Å²) < 4.78 is 0. The number of carbonyl (C=O) groups is 1. The second-order valence-corrected chi connectivity index (χ2v) is 4.99. The minimum Gasteiger partial charge on any atom is -0.357 e. The third kappa shape index (κ3) is 3.34. The molecule has 0 fully saturated rings. The molecule has 3 aromatic rings. The number of anilines is 2. The van der Waals surface area contributed by atoms with Crippen molar-refractivity contribution in [2.24, 2.45) is 0 Å². The molecule has 1 aromatic carbocycles. The third-order valence-corrected chi connectivity index (χ3v) is 3.26. The second-order valence-electron chi connectivity index (χ2n) is 4.99. The number of benzene rings is 1. The summed E-state index contributed by atoms with van der Waals surface area (Å²) in [5, 5.41) is 12.4. The van der Waals surface area contributed by atoms with Gasteiger partial charge in [0.1, 0.15) is 5.69 Å². The van der Waals surface area contributed by atoms with Gasteiger partial charge in [-0.25, -0.2) is 9.97 Å². The maximum absolute atomic E-state index is 12.4. The van der Waals surface area contributed by atoms with Crippen LogP contribution in [0.4, 0.5) is 11.6 Å². The van der Waals surface area contributed by atoms with Crippen LogP contribution in [0, 0.1) is 6.92 Å². The Balaban J connectivity index is 1.83. The first-order valence-electron chi connectivity index (χ1n) is 7.10. The molecule has 3 N–H and O–H groups in total. The number of hydrogen-bond acceptors (Lipinski definition) is 5. The predicted molar refractivity (Wildman–Crippen MR) is 88.3 cm³/mol. The largest absolute Gasteiger partial charge is 0.357 e. The number of rotatable bonds is 4. The zero-order valence-electron chi connectivity index (χ0n) is 12.8. The average molecular weight is 308 g/mol. The molecule has 23 heavy (non-hydrogen) atoms. The van der Waals surface area contributed by atoms with Gasteiger partial charge in [-0.05, 0) is 30.7 Å². The molecule has 7 heteroatoms. The zero-order valence-corrected chi connectivity index (χ0v) is 12.8. The van der Waals surface area contributed by atoms with Crippen molar-refractivity contribution in [2.75, 3.05) is 17.7 Å². The van der Waals surface area contributed by atoms with Gasteiger partial charge in [-0.2, -0.15) is 5.10 Å². The lowest BCUT2D eigenvalue weighted by Gasteiger charge is -2.08. The summed E-state index contributed by atoms with van der Waals surface area (Å²) in [5.41, 5.74) is 3.65. The minimum atomic E-state index is -0.281. The molecular weight excluding hydrogens is 292 g/mol. The molecule has 0 unspecified atom stereocenters. The first kappa shape index (κ1) is 14.7. The van der Waals surface area contributed by atoms with Crippen LogP contribution in [0.25, 0.3) is 11.1 Å². The first-order chi connectivity index (χ1) is 11.2. The van der Waals surface area contributed by atoms with Crippen LogP contribution in [0.1, 0.15) is 16.2 Å². The quantitative estimate of drug-likeness (QED) is 0.688. The summed E-state index contributed by atoms with van der Waals surface area (Å²) in [5.74, 6) is 0.138. The Morgan fingerprint density at radius 2 is 2.04 bits per heavy atom. The highest BCUT2D eigenvalue weighted by Crippen LogP contribution is 2.21. The third-order valence-electron chi connectivity index (χ3n) is 3.26. The number of H-pyrrole nitrogens is 1. The number of nitrogens with one attached hydrogen (secondary N) is 3. The smallest absolute Gasteiger partial charge is 0.274 e. The van der Waals surface area contributed by atoms with E-state index in [0.29, 0.717) is 17.3 Å². The Kier molecular flexibility index (Phi) is 4.01. The van der Waals surface area contributed by atoms with Crippen molar-refractivity contribution in [1.82, 2.24) is 20.2 Å². The molecule has 0 radical (unpaired) electrons. The molecule has 0 aliphatic rings. The van der Waals surface area contributed by atoms with E-state index in [1.54, 1.807) is 25.5 Å². The van der Waals surface area contributed by atoms with Crippen LogP contribution >= 0.6 is 0 Å². The lowest BCUT2D eigenvalue weighted by molar-refractivity contribution is 0.102. The number of carbonyl (C=O) groups excluding carboxylic acids is 1. The fourth-order valence-electron chi connectivity index (χ4n) is 2.18. The first-order valence-corrected chi connectivity index (χ1v) is 7.10. The van der Waals surface area contributed by atoms with Crippen LogP contribution in [0.15, 0.2) is 42.7 Å². The van der Waals surface area contributed by atoms with Crippen molar-refractivity contribution in [1.29, 1.82) is 0 Å². The Hall–Kier alpha value is -3.22. The molecule has 2 heterocycles. The standard InChI is InChI=1S/C16H16N6O/c1-10-6-14(22-16(17-2)20-10)15(23)21-13-5-3-4-11(7-13)12-8-18-19-9-12/h3-9H,1-2H3,(H,18,19)(H,21,23)(H,17,20,22). The molecule has 0 saturated carbocycles. The Morgan fingerprint density at radius 3 is 2.78 bits per heavy atom. The highest BCUT2D eigenvalue weighted by Gasteiger charge is 2.11. The van der Waals surface area contributed by atoms with Crippen LogP contribution in [-0.4, -0.2) is 33.1 Å². The van der Waals surface area contributed by atoms with Crippen molar-refractivity contribution >= 4 is 17.5 Å². The van der Waals surface area contributed by atoms with Crippen LogP contribution in [-0.2, 0) is 0 Å². The van der Waals surface area contributed by atoms with Gasteiger partial charge in [0, 0.05) is 30.2 Å². The minimum absolute atomic E-state index is 0.281. The van der Waals surface area contributed by atoms with Crippen molar-refractivity contribution in [2.45, 2.75) is 6.92 Å². The summed E-state index contributed by atoms with van der Waals surface area (Å²) in [4.78, 5) is 20.7. The van der Waals surface area contributed by atoms with Gasteiger partial charge >= 0.3 is 0 Å². The molecule has 7 nitrogen and oxygen atoms in total. The Morgan fingerprint density at radius 1 is 1.17 bits per heavy atom. The topological polar surface area (TPSA) is 95.6 Å². The van der Waals surface area contributed by atoms with Crippen LogP contribution in [0.5, 0.6) is 0 Å². The maximum atomic E-state index is 12.4. The van der Waals surface area contributed by atoms with E-state index in [0.717, 1.165) is 16.8 Å². The van der Waals surface area contributed by atoms with Gasteiger partial charge in [0.05, 0.1) is 6.20 Å². The Bertz CT molecular complexity index is 828. The molecular formula is C16H16N6O. The van der Waals surface area contributed by atoms with E-state index in [-0.39, 0.29) is 5.91 Å². The van der Waals surface area contributed by atoms with Gasteiger partial charge in [-0.3, -0.25) is 9.89 Å². The van der Waals surface area contributed by atoms with Gasteiger partial charge in [0.25, 0.3) is 5.91 Å². The lowest BCUT2D eigenvalue weighted by atomic mass is 10.1. The Labute approximate surface area is 133 Å². The van der Waals surface area contributed by atoms with Crippen molar-refractivity contribution in [3.05, 3.63) is 54.1 Å². The van der Waals surface area contributed by atoms with Crippen LogP contribution in [0.3, 0.4) is 0 Å². The molecule has 2 aromatic heterocycles. The number of aromatic nitrogens is 4. The van der Waals surface area contributed by atoms with E-state index in [1.165, 1.54) is 0 Å². The molecule has 0 aliphatic carbocycles. The van der Waals surface area contributed by atoms with Gasteiger partial charge in [0.15, 0.2) is 0 Å². The number of hydrogen-bond donors (Lipinski definition) is 3. The fourth-order valence-corrected chi connectivity index (χ4v) is 2.18. The fraction of sp³-hybridized carbons (Fsp3) is 0.125. The zero-order chi connectivity index (χ0) is 16.2. The van der Waals surface area contributed by atoms with E-state index in [9.17, 15) is 4.79 Å². The molecule has 0 spiro atoms. The van der Waals surface area contributed by atoms with Crippen molar-refractivity contribution in [3.8, 4) is 11.1 Å². The number of nitrogens with zero attached hydrogens (tertiary/aromatic N) is 3. The predicted octanol–water partition coefficient (Wildman–Crippen LogP) is 2.47. The molecule has 0 bridgehead atoms. The van der Waals surface area contributed by atoms with E-state index in [2.05, 4.69) is 30.8 Å². The number of amides is 1. The molecule has 0 aliphatic heterocycles. The highest BCUT2D eigenvalue weighted by atomic mass is 16.1.